The molecule has 2 N–H and O–H groups in total. The molecule has 1 aliphatic carbocycles. The predicted molar refractivity (Wildman–Crippen MR) is 141 cm³/mol. The highest BCUT2D eigenvalue weighted by atomic mass is 16.2. The Labute approximate surface area is 212 Å². The summed E-state index contributed by atoms with van der Waals surface area (Å²) in [6.45, 7) is 1.96. The molecule has 0 atom stereocenters. The van der Waals surface area contributed by atoms with E-state index in [2.05, 4.69) is 15.7 Å². The zero-order chi connectivity index (χ0) is 25.9. The molecule has 2 heterocycles. The Bertz CT molecular complexity index is 1580. The number of aryl methyl sites for hydroxylation is 1. The van der Waals surface area contributed by atoms with Crippen LogP contribution in [0, 0.1) is 0 Å². The maximum Gasteiger partial charge on any atom is 0.352 e. The number of aromatic nitrogens is 4. The number of rotatable bonds is 7. The molecule has 2 aromatic heterocycles. The second-order valence-corrected chi connectivity index (χ2v) is 9.49. The number of hydrogen-bond donors (Lipinski definition) is 2. The van der Waals surface area contributed by atoms with Crippen molar-refractivity contribution in [2.24, 2.45) is 0 Å². The lowest BCUT2D eigenvalue weighted by Gasteiger charge is -2.22. The minimum atomic E-state index is -0.557. The number of fused-ring (bicyclic) bond motifs is 3. The minimum Gasteiger partial charge on any atom is -0.349 e. The van der Waals surface area contributed by atoms with Gasteiger partial charge in [0.05, 0.1) is 10.9 Å². The monoisotopic (exact) mass is 502 g/mol. The van der Waals surface area contributed by atoms with Crippen LogP contribution < -0.4 is 21.9 Å². The van der Waals surface area contributed by atoms with E-state index in [1.165, 1.54) is 15.4 Å². The van der Waals surface area contributed by atoms with E-state index >= 15 is 0 Å². The fourth-order valence-corrected chi connectivity index (χ4v) is 4.96. The number of nitrogens with zero attached hydrogens (tertiary/aromatic N) is 4. The molecule has 0 unspecified atom stereocenters. The molecule has 5 rings (SSSR count). The molecule has 1 saturated carbocycles. The zero-order valence-corrected chi connectivity index (χ0v) is 20.8. The van der Waals surface area contributed by atoms with Crippen molar-refractivity contribution in [3.05, 3.63) is 74.9 Å². The molecule has 192 valence electrons. The summed E-state index contributed by atoms with van der Waals surface area (Å²) in [6, 6.07) is 13.8. The summed E-state index contributed by atoms with van der Waals surface area (Å²) in [5, 5.41) is 10.5. The van der Waals surface area contributed by atoms with E-state index < -0.39 is 11.6 Å². The van der Waals surface area contributed by atoms with Gasteiger partial charge in [0.1, 0.15) is 6.54 Å². The van der Waals surface area contributed by atoms with Crippen molar-refractivity contribution in [3.8, 4) is 0 Å². The van der Waals surface area contributed by atoms with Gasteiger partial charge in [0.25, 0.3) is 11.5 Å². The van der Waals surface area contributed by atoms with Crippen LogP contribution in [0.25, 0.3) is 16.7 Å². The van der Waals surface area contributed by atoms with Crippen molar-refractivity contribution >= 4 is 34.2 Å². The lowest BCUT2D eigenvalue weighted by Crippen LogP contribution is -2.36. The number of hydrogen-bond acceptors (Lipinski definition) is 5. The maximum absolute atomic E-state index is 13.5. The third-order valence-electron chi connectivity index (χ3n) is 6.78. The molecule has 0 aliphatic heterocycles. The summed E-state index contributed by atoms with van der Waals surface area (Å²) < 4.78 is 3.81. The summed E-state index contributed by atoms with van der Waals surface area (Å²) in [6.07, 6.45) is 5.91. The largest absolute Gasteiger partial charge is 0.352 e. The molecule has 1 aliphatic rings. The number of nitrogens with one attached hydrogen (secondary N) is 2. The maximum atomic E-state index is 13.5. The molecular formula is C27H30N6O4. The molecule has 2 aromatic carbocycles. The van der Waals surface area contributed by atoms with Crippen molar-refractivity contribution in [1.29, 1.82) is 0 Å². The van der Waals surface area contributed by atoms with Crippen LogP contribution >= 0.6 is 0 Å². The summed E-state index contributed by atoms with van der Waals surface area (Å²) in [7, 11) is 0. The van der Waals surface area contributed by atoms with Gasteiger partial charge in [-0.1, -0.05) is 44.4 Å². The standard InChI is InChI=1S/C27H30N6O4/c1-2-15-31-25(36)21-14-13-18(24(35)29-20-11-7-4-8-12-20)16-22(21)33-26(31)30-32(27(33)37)17-23(34)28-19-9-5-3-6-10-19/h3,5-6,9-10,13-14,16,20H,2,4,7-8,11-12,15,17H2,1H3,(H,28,34)(H,29,35). The SMILES string of the molecule is CCCn1c(=O)c2ccc(C(=O)NC3CCCCC3)cc2n2c(=O)n(CC(=O)Nc3ccccc3)nc12. The molecule has 0 bridgehead atoms. The van der Waals surface area contributed by atoms with Crippen LogP contribution in [0.5, 0.6) is 0 Å². The van der Waals surface area contributed by atoms with Crippen molar-refractivity contribution in [2.45, 2.75) is 64.6 Å². The molecule has 4 aromatic rings. The average molecular weight is 503 g/mol. The minimum absolute atomic E-state index is 0.128. The van der Waals surface area contributed by atoms with E-state index in [1.807, 2.05) is 13.0 Å². The van der Waals surface area contributed by atoms with Gasteiger partial charge >= 0.3 is 5.69 Å². The lowest BCUT2D eigenvalue weighted by molar-refractivity contribution is -0.117. The van der Waals surface area contributed by atoms with Crippen molar-refractivity contribution in [2.75, 3.05) is 5.32 Å². The highest BCUT2D eigenvalue weighted by molar-refractivity contribution is 5.98. The number of carbonyl (C=O) groups excluding carboxylic acids is 2. The fourth-order valence-electron chi connectivity index (χ4n) is 4.96. The normalized spacial score (nSPS) is 14.2. The Morgan fingerprint density at radius 2 is 1.78 bits per heavy atom. The third kappa shape index (κ3) is 4.91. The number of carbonyl (C=O) groups is 2. The van der Waals surface area contributed by atoms with Crippen LogP contribution in [-0.2, 0) is 17.9 Å². The number of amides is 2. The second-order valence-electron chi connectivity index (χ2n) is 9.49. The first-order valence-electron chi connectivity index (χ1n) is 12.8. The summed E-state index contributed by atoms with van der Waals surface area (Å²) >= 11 is 0. The van der Waals surface area contributed by atoms with Gasteiger partial charge in [0.2, 0.25) is 11.7 Å². The molecule has 10 heteroatoms. The molecule has 0 spiro atoms. The van der Waals surface area contributed by atoms with E-state index in [4.69, 9.17) is 0 Å². The van der Waals surface area contributed by atoms with Crippen LogP contribution in [0.2, 0.25) is 0 Å². The molecule has 2 amide bonds. The van der Waals surface area contributed by atoms with Gasteiger partial charge in [-0.15, -0.1) is 5.10 Å². The third-order valence-corrected chi connectivity index (χ3v) is 6.78. The first kappa shape index (κ1) is 24.5. The van der Waals surface area contributed by atoms with Gasteiger partial charge in [0.15, 0.2) is 0 Å². The van der Waals surface area contributed by atoms with Crippen LogP contribution in [-0.4, -0.2) is 36.6 Å². The lowest BCUT2D eigenvalue weighted by atomic mass is 9.95. The number of para-hydroxylation sites is 1. The molecule has 0 saturated heterocycles. The fraction of sp³-hybridized carbons (Fsp3) is 0.370. The smallest absolute Gasteiger partial charge is 0.349 e. The Morgan fingerprint density at radius 3 is 2.51 bits per heavy atom. The van der Waals surface area contributed by atoms with E-state index in [-0.39, 0.29) is 29.8 Å². The Kier molecular flexibility index (Phi) is 6.89. The van der Waals surface area contributed by atoms with E-state index in [1.54, 1.807) is 42.5 Å². The summed E-state index contributed by atoms with van der Waals surface area (Å²) in [4.78, 5) is 52.4. The van der Waals surface area contributed by atoms with E-state index in [0.717, 1.165) is 30.4 Å². The number of benzene rings is 2. The topological polar surface area (TPSA) is 120 Å². The van der Waals surface area contributed by atoms with Crippen LogP contribution in [0.3, 0.4) is 0 Å². The highest BCUT2D eigenvalue weighted by Gasteiger charge is 2.21. The van der Waals surface area contributed by atoms with Crippen molar-refractivity contribution < 1.29 is 9.59 Å². The van der Waals surface area contributed by atoms with E-state index in [0.29, 0.717) is 35.1 Å². The summed E-state index contributed by atoms with van der Waals surface area (Å²) in [5.41, 5.74) is 0.413. The van der Waals surface area contributed by atoms with Gasteiger partial charge in [-0.3, -0.25) is 19.0 Å². The average Bonchev–Trinajstić information content (AvgIpc) is 3.22. The van der Waals surface area contributed by atoms with Gasteiger partial charge in [0, 0.05) is 23.8 Å². The Hall–Kier alpha value is -4.21. The van der Waals surface area contributed by atoms with Crippen LogP contribution in [0.15, 0.2) is 58.1 Å². The molecular weight excluding hydrogens is 472 g/mol. The summed E-state index contributed by atoms with van der Waals surface area (Å²) in [5.74, 6) is -0.512. The van der Waals surface area contributed by atoms with Gasteiger partial charge in [-0.25, -0.2) is 13.9 Å². The first-order valence-corrected chi connectivity index (χ1v) is 12.8. The Morgan fingerprint density at radius 1 is 1.03 bits per heavy atom. The first-order chi connectivity index (χ1) is 18.0. The van der Waals surface area contributed by atoms with Crippen molar-refractivity contribution in [3.63, 3.8) is 0 Å². The molecule has 1 fully saturated rings. The number of anilines is 1. The van der Waals surface area contributed by atoms with Crippen molar-refractivity contribution in [1.82, 2.24) is 24.1 Å². The van der Waals surface area contributed by atoms with Gasteiger partial charge < -0.3 is 10.6 Å². The quantitative estimate of drug-likeness (QED) is 0.403. The second kappa shape index (κ2) is 10.4. The molecule has 0 radical (unpaired) electrons. The Balaban J connectivity index is 1.56. The predicted octanol–water partition coefficient (Wildman–Crippen LogP) is 2.92. The molecule has 37 heavy (non-hydrogen) atoms. The van der Waals surface area contributed by atoms with E-state index in [9.17, 15) is 19.2 Å². The van der Waals surface area contributed by atoms with Gasteiger partial charge in [-0.2, -0.15) is 0 Å². The van der Waals surface area contributed by atoms with Crippen LogP contribution in [0.4, 0.5) is 5.69 Å². The van der Waals surface area contributed by atoms with Crippen LogP contribution in [0.1, 0.15) is 55.8 Å². The molecule has 10 nitrogen and oxygen atoms in total. The highest BCUT2D eigenvalue weighted by Crippen LogP contribution is 2.19. The zero-order valence-electron chi connectivity index (χ0n) is 20.8. The van der Waals surface area contributed by atoms with Gasteiger partial charge in [-0.05, 0) is 49.6 Å².